The Morgan fingerprint density at radius 2 is 1.67 bits per heavy atom. The summed E-state index contributed by atoms with van der Waals surface area (Å²) in [5.74, 6) is -0.634. The lowest BCUT2D eigenvalue weighted by Crippen LogP contribution is -2.40. The minimum Gasteiger partial charge on any atom is -0.350 e. The lowest BCUT2D eigenvalue weighted by atomic mass is 10.0. The van der Waals surface area contributed by atoms with Crippen molar-refractivity contribution < 1.29 is 26.4 Å². The molecular weight excluding hydrogens is 417 g/mol. The topological polar surface area (TPSA) is 66.5 Å². The van der Waals surface area contributed by atoms with Crippen LogP contribution >= 0.6 is 0 Å². The number of hydrogen-bond acceptors (Lipinski definition) is 3. The summed E-state index contributed by atoms with van der Waals surface area (Å²) < 4.78 is 63.9. The Balaban J connectivity index is 1.78. The number of halogens is 3. The van der Waals surface area contributed by atoms with E-state index in [1.807, 2.05) is 42.5 Å². The Morgan fingerprint density at radius 3 is 2.37 bits per heavy atom. The Kier molecular flexibility index (Phi) is 6.02. The molecule has 0 aliphatic rings. The number of nitrogens with one attached hydrogen (secondary N) is 1. The van der Waals surface area contributed by atoms with Gasteiger partial charge in [-0.05, 0) is 34.5 Å². The van der Waals surface area contributed by atoms with Gasteiger partial charge in [0.2, 0.25) is 15.9 Å². The highest BCUT2D eigenvalue weighted by atomic mass is 32.2. The molecule has 3 rings (SSSR count). The quantitative estimate of drug-likeness (QED) is 0.637. The smallest absolute Gasteiger partial charge is 0.350 e. The fourth-order valence-corrected chi connectivity index (χ4v) is 3.91. The predicted molar refractivity (Wildman–Crippen MR) is 109 cm³/mol. The van der Waals surface area contributed by atoms with E-state index in [0.717, 1.165) is 34.7 Å². The highest BCUT2D eigenvalue weighted by Crippen LogP contribution is 2.32. The van der Waals surface area contributed by atoms with E-state index < -0.39 is 34.2 Å². The summed E-state index contributed by atoms with van der Waals surface area (Å²) in [6.45, 7) is -0.481. The SMILES string of the molecule is CS(=O)(=O)N(CC(=O)NCc1cccc2ccccc12)c1cccc(C(F)(F)F)c1. The molecule has 30 heavy (non-hydrogen) atoms. The highest BCUT2D eigenvalue weighted by molar-refractivity contribution is 7.92. The normalized spacial score (nSPS) is 12.0. The Morgan fingerprint density at radius 1 is 1.00 bits per heavy atom. The summed E-state index contributed by atoms with van der Waals surface area (Å²) >= 11 is 0. The maximum absolute atomic E-state index is 13.0. The zero-order valence-corrected chi connectivity index (χ0v) is 16.8. The maximum atomic E-state index is 13.0. The second-order valence-corrected chi connectivity index (χ2v) is 8.64. The average molecular weight is 436 g/mol. The summed E-state index contributed by atoms with van der Waals surface area (Å²) in [7, 11) is -3.99. The standard InChI is InChI=1S/C21H19F3N2O3S/c1-30(28,29)26(18-10-5-9-17(12-18)21(22,23)24)14-20(27)25-13-16-8-4-7-15-6-2-3-11-19(15)16/h2-12H,13-14H2,1H3,(H,25,27). The van der Waals surface area contributed by atoms with Crippen molar-refractivity contribution in [2.45, 2.75) is 12.7 Å². The van der Waals surface area contributed by atoms with Crippen LogP contribution in [0.3, 0.4) is 0 Å². The minimum atomic E-state index is -4.63. The number of fused-ring (bicyclic) bond motifs is 1. The van der Waals surface area contributed by atoms with Gasteiger partial charge in [0.1, 0.15) is 6.54 Å². The number of carbonyl (C=O) groups excluding carboxylic acids is 1. The maximum Gasteiger partial charge on any atom is 0.416 e. The summed E-state index contributed by atoms with van der Waals surface area (Å²) in [5, 5.41) is 4.58. The summed E-state index contributed by atoms with van der Waals surface area (Å²) in [6.07, 6.45) is -3.79. The average Bonchev–Trinajstić information content (AvgIpc) is 2.69. The van der Waals surface area contributed by atoms with Crippen molar-refractivity contribution in [3.8, 4) is 0 Å². The van der Waals surface area contributed by atoms with E-state index >= 15 is 0 Å². The summed E-state index contributed by atoms with van der Waals surface area (Å²) in [4.78, 5) is 12.4. The Labute approximate surface area is 172 Å². The second-order valence-electron chi connectivity index (χ2n) is 6.73. The van der Waals surface area contributed by atoms with Gasteiger partial charge >= 0.3 is 6.18 Å². The van der Waals surface area contributed by atoms with E-state index in [-0.39, 0.29) is 12.2 Å². The molecule has 0 radical (unpaired) electrons. The monoisotopic (exact) mass is 436 g/mol. The molecule has 0 atom stereocenters. The van der Waals surface area contributed by atoms with Gasteiger partial charge in [-0.2, -0.15) is 13.2 Å². The third-order valence-electron chi connectivity index (χ3n) is 4.50. The summed E-state index contributed by atoms with van der Waals surface area (Å²) in [5.41, 5.74) is -0.385. The molecule has 1 amide bonds. The van der Waals surface area contributed by atoms with Crippen LogP contribution in [0, 0.1) is 0 Å². The third kappa shape index (κ3) is 5.10. The Hall–Kier alpha value is -3.07. The van der Waals surface area contributed by atoms with Gasteiger partial charge in [-0.15, -0.1) is 0 Å². The van der Waals surface area contributed by atoms with E-state index in [4.69, 9.17) is 0 Å². The molecule has 0 bridgehead atoms. The van der Waals surface area contributed by atoms with Gasteiger partial charge in [-0.3, -0.25) is 9.10 Å². The molecule has 1 N–H and O–H groups in total. The van der Waals surface area contributed by atoms with Crippen molar-refractivity contribution in [3.05, 3.63) is 77.9 Å². The van der Waals surface area contributed by atoms with Crippen molar-refractivity contribution in [2.24, 2.45) is 0 Å². The number of alkyl halides is 3. The molecule has 0 fully saturated rings. The number of nitrogens with zero attached hydrogens (tertiary/aromatic N) is 1. The lowest BCUT2D eigenvalue weighted by molar-refractivity contribution is -0.137. The van der Waals surface area contributed by atoms with Gasteiger partial charge in [0.05, 0.1) is 17.5 Å². The molecule has 3 aromatic carbocycles. The third-order valence-corrected chi connectivity index (χ3v) is 5.65. The van der Waals surface area contributed by atoms with Crippen LogP contribution < -0.4 is 9.62 Å². The molecule has 0 heterocycles. The van der Waals surface area contributed by atoms with Crippen LogP contribution in [0.2, 0.25) is 0 Å². The van der Waals surface area contributed by atoms with Crippen LogP contribution in [-0.2, 0) is 27.5 Å². The Bertz CT molecular complexity index is 1170. The van der Waals surface area contributed by atoms with Crippen LogP contribution in [-0.4, -0.2) is 27.1 Å². The molecule has 0 saturated heterocycles. The number of anilines is 1. The fourth-order valence-electron chi connectivity index (χ4n) is 3.06. The zero-order chi connectivity index (χ0) is 21.9. The zero-order valence-electron chi connectivity index (χ0n) is 16.0. The van der Waals surface area contributed by atoms with Crippen molar-refractivity contribution in [1.29, 1.82) is 0 Å². The number of benzene rings is 3. The molecule has 0 aliphatic heterocycles. The molecule has 0 unspecified atom stereocenters. The second kappa shape index (κ2) is 8.35. The molecule has 0 aliphatic carbocycles. The number of amides is 1. The van der Waals surface area contributed by atoms with Crippen LogP contribution in [0.5, 0.6) is 0 Å². The first-order valence-corrected chi connectivity index (χ1v) is 10.8. The molecule has 0 saturated carbocycles. The first-order chi connectivity index (χ1) is 14.1. The van der Waals surface area contributed by atoms with Crippen molar-refractivity contribution in [1.82, 2.24) is 5.32 Å². The van der Waals surface area contributed by atoms with E-state index in [1.54, 1.807) is 0 Å². The van der Waals surface area contributed by atoms with Crippen molar-refractivity contribution >= 4 is 32.4 Å². The van der Waals surface area contributed by atoms with Gasteiger partial charge in [-0.25, -0.2) is 8.42 Å². The van der Waals surface area contributed by atoms with Crippen LogP contribution in [0.15, 0.2) is 66.7 Å². The lowest BCUT2D eigenvalue weighted by Gasteiger charge is -2.23. The van der Waals surface area contributed by atoms with Gasteiger partial charge in [-0.1, -0.05) is 48.5 Å². The number of sulfonamides is 1. The molecule has 0 aromatic heterocycles. The molecule has 0 spiro atoms. The van der Waals surface area contributed by atoms with E-state index in [1.165, 1.54) is 6.07 Å². The van der Waals surface area contributed by atoms with E-state index in [2.05, 4.69) is 5.32 Å². The first-order valence-electron chi connectivity index (χ1n) is 8.94. The van der Waals surface area contributed by atoms with Crippen molar-refractivity contribution in [3.63, 3.8) is 0 Å². The number of rotatable bonds is 6. The van der Waals surface area contributed by atoms with Crippen LogP contribution in [0.25, 0.3) is 10.8 Å². The van der Waals surface area contributed by atoms with Gasteiger partial charge < -0.3 is 5.32 Å². The van der Waals surface area contributed by atoms with E-state index in [0.29, 0.717) is 10.4 Å². The first kappa shape index (κ1) is 21.6. The molecule has 5 nitrogen and oxygen atoms in total. The largest absolute Gasteiger partial charge is 0.416 e. The van der Waals surface area contributed by atoms with Crippen LogP contribution in [0.4, 0.5) is 18.9 Å². The molecule has 158 valence electrons. The fraction of sp³-hybridized carbons (Fsp3) is 0.190. The highest BCUT2D eigenvalue weighted by Gasteiger charge is 2.32. The number of hydrogen-bond donors (Lipinski definition) is 1. The number of carbonyl (C=O) groups is 1. The van der Waals surface area contributed by atoms with Gasteiger partial charge in [0, 0.05) is 6.54 Å². The van der Waals surface area contributed by atoms with Crippen LogP contribution in [0.1, 0.15) is 11.1 Å². The van der Waals surface area contributed by atoms with Crippen molar-refractivity contribution in [2.75, 3.05) is 17.1 Å². The van der Waals surface area contributed by atoms with Gasteiger partial charge in [0.25, 0.3) is 0 Å². The molecule has 9 heteroatoms. The molecular formula is C21H19F3N2O3S. The minimum absolute atomic E-state index is 0.153. The molecule has 3 aromatic rings. The van der Waals surface area contributed by atoms with E-state index in [9.17, 15) is 26.4 Å². The predicted octanol–water partition coefficient (Wildman–Crippen LogP) is 3.94. The summed E-state index contributed by atoms with van der Waals surface area (Å²) in [6, 6.07) is 17.1. The van der Waals surface area contributed by atoms with Gasteiger partial charge in [0.15, 0.2) is 0 Å².